The molecule has 0 bridgehead atoms. The topological polar surface area (TPSA) is 59.1 Å². The van der Waals surface area contributed by atoms with E-state index in [9.17, 15) is 0 Å². The van der Waals surface area contributed by atoms with Gasteiger partial charge in [-0.05, 0) is 18.1 Å². The third kappa shape index (κ3) is 2.31. The van der Waals surface area contributed by atoms with Crippen LogP contribution in [-0.2, 0) is 0 Å². The van der Waals surface area contributed by atoms with Gasteiger partial charge in [-0.3, -0.25) is 0 Å². The van der Waals surface area contributed by atoms with Crippen LogP contribution in [0.1, 0.15) is 6.92 Å². The zero-order valence-corrected chi connectivity index (χ0v) is 10.6. The standard InChI is InChI=1S/C11H14N2OS2/c1-7(4-14)5-15-8-2-3-9-11(10(8)12)13-6-16-9/h2-3,6-7,14H,4-5,12H2,1H3. The van der Waals surface area contributed by atoms with Crippen molar-refractivity contribution >= 4 is 39.0 Å². The quantitative estimate of drug-likeness (QED) is 0.650. The SMILES string of the molecule is CC(CO)CSc1ccc2scnc2c1N. The lowest BCUT2D eigenvalue weighted by molar-refractivity contribution is 0.250. The van der Waals surface area contributed by atoms with Crippen LogP contribution in [0.5, 0.6) is 0 Å². The van der Waals surface area contributed by atoms with Crippen molar-refractivity contribution < 1.29 is 5.11 Å². The molecule has 1 aromatic heterocycles. The van der Waals surface area contributed by atoms with Crippen LogP contribution in [0.25, 0.3) is 10.2 Å². The van der Waals surface area contributed by atoms with Crippen molar-refractivity contribution in [2.75, 3.05) is 18.1 Å². The fourth-order valence-electron chi connectivity index (χ4n) is 1.34. The summed E-state index contributed by atoms with van der Waals surface area (Å²) in [4.78, 5) is 5.31. The third-order valence-electron chi connectivity index (χ3n) is 2.34. The average molecular weight is 254 g/mol. The van der Waals surface area contributed by atoms with Crippen LogP contribution in [0.15, 0.2) is 22.5 Å². The van der Waals surface area contributed by atoms with E-state index in [2.05, 4.69) is 11.1 Å². The highest BCUT2D eigenvalue weighted by Crippen LogP contribution is 2.33. The Kier molecular flexibility index (Phi) is 3.68. The molecule has 0 aliphatic carbocycles. The molecule has 1 unspecified atom stereocenters. The summed E-state index contributed by atoms with van der Waals surface area (Å²) in [5.41, 5.74) is 9.52. The van der Waals surface area contributed by atoms with Gasteiger partial charge in [0.2, 0.25) is 0 Å². The van der Waals surface area contributed by atoms with E-state index in [1.807, 2.05) is 18.5 Å². The summed E-state index contributed by atoms with van der Waals surface area (Å²) in [5.74, 6) is 1.16. The molecule has 0 aliphatic rings. The lowest BCUT2D eigenvalue weighted by Gasteiger charge is -2.09. The first-order chi connectivity index (χ1) is 7.72. The number of rotatable bonds is 4. The van der Waals surface area contributed by atoms with E-state index in [-0.39, 0.29) is 12.5 Å². The number of aliphatic hydroxyl groups is 1. The number of nitrogens with zero attached hydrogens (tertiary/aromatic N) is 1. The molecule has 0 saturated heterocycles. The van der Waals surface area contributed by atoms with E-state index in [0.717, 1.165) is 26.6 Å². The van der Waals surface area contributed by atoms with Gasteiger partial charge in [-0.1, -0.05) is 6.92 Å². The average Bonchev–Trinajstić information content (AvgIpc) is 2.76. The van der Waals surface area contributed by atoms with Crippen LogP contribution in [0.2, 0.25) is 0 Å². The van der Waals surface area contributed by atoms with Crippen molar-refractivity contribution in [2.24, 2.45) is 5.92 Å². The number of thiazole rings is 1. The molecule has 0 aliphatic heterocycles. The first-order valence-corrected chi connectivity index (χ1v) is 6.94. The molecule has 2 aromatic rings. The van der Waals surface area contributed by atoms with E-state index >= 15 is 0 Å². The molecule has 1 aromatic carbocycles. The highest BCUT2D eigenvalue weighted by molar-refractivity contribution is 7.99. The van der Waals surface area contributed by atoms with Gasteiger partial charge in [0.15, 0.2) is 0 Å². The molecular formula is C11H14N2OS2. The second-order valence-electron chi connectivity index (χ2n) is 3.78. The van der Waals surface area contributed by atoms with Crippen molar-refractivity contribution in [3.8, 4) is 0 Å². The maximum Gasteiger partial charge on any atom is 0.105 e. The highest BCUT2D eigenvalue weighted by Gasteiger charge is 2.08. The van der Waals surface area contributed by atoms with Gasteiger partial charge in [0.1, 0.15) is 5.52 Å². The monoisotopic (exact) mass is 254 g/mol. The lowest BCUT2D eigenvalue weighted by atomic mass is 10.2. The second-order valence-corrected chi connectivity index (χ2v) is 5.72. The first kappa shape index (κ1) is 11.7. The molecule has 1 atom stereocenters. The highest BCUT2D eigenvalue weighted by atomic mass is 32.2. The Bertz CT molecular complexity index is 484. The summed E-state index contributed by atoms with van der Waals surface area (Å²) in [6, 6.07) is 4.08. The molecule has 2 rings (SSSR count). The molecule has 3 nitrogen and oxygen atoms in total. The molecule has 0 fully saturated rings. The molecular weight excluding hydrogens is 240 g/mol. The zero-order chi connectivity index (χ0) is 11.5. The van der Waals surface area contributed by atoms with E-state index in [1.54, 1.807) is 23.1 Å². The summed E-state index contributed by atoms with van der Waals surface area (Å²) in [6.45, 7) is 2.23. The molecule has 86 valence electrons. The van der Waals surface area contributed by atoms with Crippen LogP contribution in [0, 0.1) is 5.92 Å². The van der Waals surface area contributed by atoms with Crippen molar-refractivity contribution in [2.45, 2.75) is 11.8 Å². The number of hydrogen-bond acceptors (Lipinski definition) is 5. The normalized spacial score (nSPS) is 13.1. The fraction of sp³-hybridized carbons (Fsp3) is 0.364. The molecule has 16 heavy (non-hydrogen) atoms. The minimum absolute atomic E-state index is 0.214. The Balaban J connectivity index is 2.21. The smallest absolute Gasteiger partial charge is 0.105 e. The molecule has 0 spiro atoms. The van der Waals surface area contributed by atoms with Gasteiger partial charge in [0.25, 0.3) is 0 Å². The molecule has 5 heteroatoms. The van der Waals surface area contributed by atoms with Gasteiger partial charge in [-0.25, -0.2) is 4.98 Å². The predicted molar refractivity (Wildman–Crippen MR) is 71.0 cm³/mol. The summed E-state index contributed by atoms with van der Waals surface area (Å²) in [7, 11) is 0. The van der Waals surface area contributed by atoms with Crippen molar-refractivity contribution in [1.82, 2.24) is 4.98 Å². The van der Waals surface area contributed by atoms with Gasteiger partial charge in [0, 0.05) is 17.3 Å². The first-order valence-electron chi connectivity index (χ1n) is 5.07. The number of nitrogen functional groups attached to an aromatic ring is 1. The Hall–Kier alpha value is -0.780. The summed E-state index contributed by atoms with van der Waals surface area (Å²) < 4.78 is 1.12. The molecule has 0 amide bonds. The largest absolute Gasteiger partial charge is 0.396 e. The van der Waals surface area contributed by atoms with Crippen LogP contribution < -0.4 is 5.73 Å². The van der Waals surface area contributed by atoms with Crippen molar-refractivity contribution in [3.05, 3.63) is 17.6 Å². The minimum atomic E-state index is 0.214. The predicted octanol–water partition coefficient (Wildman–Crippen LogP) is 2.60. The van der Waals surface area contributed by atoms with E-state index in [1.165, 1.54) is 0 Å². The number of benzene rings is 1. The summed E-state index contributed by atoms with van der Waals surface area (Å²) in [6.07, 6.45) is 0. The number of aliphatic hydroxyl groups excluding tert-OH is 1. The number of anilines is 1. The van der Waals surface area contributed by atoms with Gasteiger partial charge in [-0.2, -0.15) is 0 Å². The van der Waals surface area contributed by atoms with Crippen LogP contribution in [0.3, 0.4) is 0 Å². The van der Waals surface area contributed by atoms with E-state index in [0.29, 0.717) is 0 Å². The van der Waals surface area contributed by atoms with E-state index < -0.39 is 0 Å². The van der Waals surface area contributed by atoms with Crippen LogP contribution in [-0.4, -0.2) is 22.5 Å². The van der Waals surface area contributed by atoms with Gasteiger partial charge < -0.3 is 10.8 Å². The molecule has 1 heterocycles. The Morgan fingerprint density at radius 3 is 3.12 bits per heavy atom. The van der Waals surface area contributed by atoms with Gasteiger partial charge in [-0.15, -0.1) is 23.1 Å². The molecule has 3 N–H and O–H groups in total. The van der Waals surface area contributed by atoms with Crippen molar-refractivity contribution in [1.29, 1.82) is 0 Å². The summed E-state index contributed by atoms with van der Waals surface area (Å²) >= 11 is 3.28. The molecule has 0 saturated carbocycles. The van der Waals surface area contributed by atoms with Gasteiger partial charge >= 0.3 is 0 Å². The fourth-order valence-corrected chi connectivity index (χ4v) is 3.02. The Labute approximate surface area is 103 Å². The van der Waals surface area contributed by atoms with Crippen LogP contribution >= 0.6 is 23.1 Å². The number of hydrogen-bond donors (Lipinski definition) is 2. The van der Waals surface area contributed by atoms with Crippen molar-refractivity contribution in [3.63, 3.8) is 0 Å². The zero-order valence-electron chi connectivity index (χ0n) is 9.01. The molecule has 0 radical (unpaired) electrons. The van der Waals surface area contributed by atoms with Gasteiger partial charge in [0.05, 0.1) is 15.9 Å². The number of thioether (sulfide) groups is 1. The second kappa shape index (κ2) is 5.03. The third-order valence-corrected chi connectivity index (χ3v) is 4.53. The number of aromatic nitrogens is 1. The maximum atomic E-state index is 8.97. The minimum Gasteiger partial charge on any atom is -0.396 e. The maximum absolute atomic E-state index is 8.97. The number of nitrogens with two attached hydrogens (primary N) is 1. The Morgan fingerprint density at radius 2 is 2.38 bits per heavy atom. The van der Waals surface area contributed by atoms with Crippen LogP contribution in [0.4, 0.5) is 5.69 Å². The Morgan fingerprint density at radius 1 is 1.56 bits per heavy atom. The summed E-state index contributed by atoms with van der Waals surface area (Å²) in [5, 5.41) is 8.97. The lowest BCUT2D eigenvalue weighted by Crippen LogP contribution is -2.03. The number of fused-ring (bicyclic) bond motifs is 1. The van der Waals surface area contributed by atoms with E-state index in [4.69, 9.17) is 10.8 Å².